The molecule has 4 heteroatoms. The number of nitrogens with one attached hydrogen (secondary N) is 1. The Morgan fingerprint density at radius 1 is 1.05 bits per heavy atom. The summed E-state index contributed by atoms with van der Waals surface area (Å²) in [5, 5.41) is 2.95. The number of amides is 1. The SMILES string of the molecule is O=C(CCCCl)Nc1ccccc1Sc1ccccc1. The standard InChI is InChI=1S/C16H16ClNOS/c17-12-6-11-16(19)18-14-9-4-5-10-15(14)20-13-7-2-1-3-8-13/h1-5,7-10H,6,11-12H2,(H,18,19). The van der Waals surface area contributed by atoms with Crippen molar-refractivity contribution in [3.63, 3.8) is 0 Å². The van der Waals surface area contributed by atoms with E-state index in [-0.39, 0.29) is 5.91 Å². The smallest absolute Gasteiger partial charge is 0.224 e. The summed E-state index contributed by atoms with van der Waals surface area (Å²) in [6.07, 6.45) is 1.15. The Morgan fingerprint density at radius 2 is 1.75 bits per heavy atom. The maximum Gasteiger partial charge on any atom is 0.224 e. The summed E-state index contributed by atoms with van der Waals surface area (Å²) in [4.78, 5) is 14.0. The molecule has 0 aliphatic heterocycles. The number of hydrogen-bond donors (Lipinski definition) is 1. The summed E-state index contributed by atoms with van der Waals surface area (Å²) < 4.78 is 0. The highest BCUT2D eigenvalue weighted by atomic mass is 35.5. The molecule has 2 nitrogen and oxygen atoms in total. The Labute approximate surface area is 128 Å². The third kappa shape index (κ3) is 4.58. The summed E-state index contributed by atoms with van der Waals surface area (Å²) in [6.45, 7) is 0. The average molecular weight is 306 g/mol. The van der Waals surface area contributed by atoms with Crippen molar-refractivity contribution in [2.24, 2.45) is 0 Å². The first kappa shape index (κ1) is 14.9. The van der Waals surface area contributed by atoms with Crippen LogP contribution < -0.4 is 5.32 Å². The summed E-state index contributed by atoms with van der Waals surface area (Å²) in [5.74, 6) is 0.514. The Hall–Kier alpha value is -1.45. The lowest BCUT2D eigenvalue weighted by atomic mass is 10.3. The molecule has 0 bridgehead atoms. The number of halogens is 1. The minimum atomic E-state index is 0.00626. The molecular weight excluding hydrogens is 290 g/mol. The molecule has 0 spiro atoms. The van der Waals surface area contributed by atoms with Gasteiger partial charge in [0.05, 0.1) is 5.69 Å². The van der Waals surface area contributed by atoms with Gasteiger partial charge in [-0.15, -0.1) is 11.6 Å². The van der Waals surface area contributed by atoms with Gasteiger partial charge in [0, 0.05) is 22.1 Å². The zero-order valence-electron chi connectivity index (χ0n) is 11.0. The predicted molar refractivity (Wildman–Crippen MR) is 85.6 cm³/mol. The Kier molecular flexibility index (Phi) is 5.96. The number of benzene rings is 2. The van der Waals surface area contributed by atoms with Crippen LogP contribution in [0.3, 0.4) is 0 Å². The number of carbonyl (C=O) groups excluding carboxylic acids is 1. The van der Waals surface area contributed by atoms with Crippen molar-refractivity contribution >= 4 is 35.0 Å². The lowest BCUT2D eigenvalue weighted by molar-refractivity contribution is -0.116. The average Bonchev–Trinajstić information content (AvgIpc) is 2.48. The first-order chi connectivity index (χ1) is 9.79. The van der Waals surface area contributed by atoms with Gasteiger partial charge in [-0.05, 0) is 30.7 Å². The molecule has 104 valence electrons. The van der Waals surface area contributed by atoms with E-state index in [9.17, 15) is 4.79 Å². The normalized spacial score (nSPS) is 10.2. The van der Waals surface area contributed by atoms with Crippen LogP contribution in [0.5, 0.6) is 0 Å². The number of carbonyl (C=O) groups is 1. The van der Waals surface area contributed by atoms with Crippen LogP contribution in [0.25, 0.3) is 0 Å². The summed E-state index contributed by atoms with van der Waals surface area (Å²) >= 11 is 7.24. The molecule has 0 radical (unpaired) electrons. The maximum atomic E-state index is 11.8. The molecule has 20 heavy (non-hydrogen) atoms. The van der Waals surface area contributed by atoms with E-state index in [2.05, 4.69) is 17.4 Å². The molecule has 1 amide bonds. The van der Waals surface area contributed by atoms with Crippen molar-refractivity contribution in [1.82, 2.24) is 0 Å². The van der Waals surface area contributed by atoms with E-state index >= 15 is 0 Å². The molecule has 0 heterocycles. The molecule has 0 aliphatic carbocycles. The quantitative estimate of drug-likeness (QED) is 0.777. The van der Waals surface area contributed by atoms with Gasteiger partial charge in [0.25, 0.3) is 0 Å². The van der Waals surface area contributed by atoms with E-state index in [4.69, 9.17) is 11.6 Å². The molecule has 0 atom stereocenters. The van der Waals surface area contributed by atoms with Crippen molar-refractivity contribution in [2.75, 3.05) is 11.2 Å². The van der Waals surface area contributed by atoms with Crippen LogP contribution in [0.1, 0.15) is 12.8 Å². The minimum absolute atomic E-state index is 0.00626. The Morgan fingerprint density at radius 3 is 2.50 bits per heavy atom. The van der Waals surface area contributed by atoms with E-state index in [0.29, 0.717) is 18.7 Å². The third-order valence-corrected chi connectivity index (χ3v) is 4.02. The molecule has 0 fully saturated rings. The molecule has 0 unspecified atom stereocenters. The number of alkyl halides is 1. The molecule has 2 aromatic carbocycles. The van der Waals surface area contributed by atoms with Crippen molar-refractivity contribution in [1.29, 1.82) is 0 Å². The topological polar surface area (TPSA) is 29.1 Å². The summed E-state index contributed by atoms with van der Waals surface area (Å²) in [7, 11) is 0. The zero-order valence-corrected chi connectivity index (χ0v) is 12.6. The van der Waals surface area contributed by atoms with Crippen LogP contribution >= 0.6 is 23.4 Å². The molecule has 0 aromatic heterocycles. The maximum absolute atomic E-state index is 11.8. The van der Waals surface area contributed by atoms with Gasteiger partial charge in [0.15, 0.2) is 0 Å². The van der Waals surface area contributed by atoms with Crippen molar-refractivity contribution in [2.45, 2.75) is 22.6 Å². The predicted octanol–water partition coefficient (Wildman–Crippen LogP) is 4.80. The summed E-state index contributed by atoms with van der Waals surface area (Å²) in [5.41, 5.74) is 0.848. The van der Waals surface area contributed by atoms with Crippen LogP contribution in [0.4, 0.5) is 5.69 Å². The highest BCUT2D eigenvalue weighted by Crippen LogP contribution is 2.33. The second kappa shape index (κ2) is 7.98. The van der Waals surface area contributed by atoms with Crippen LogP contribution in [0, 0.1) is 0 Å². The molecule has 0 saturated heterocycles. The molecular formula is C16H16ClNOS. The van der Waals surface area contributed by atoms with Crippen LogP contribution in [0.2, 0.25) is 0 Å². The molecule has 1 N–H and O–H groups in total. The first-order valence-corrected chi connectivity index (χ1v) is 7.82. The van der Waals surface area contributed by atoms with Gasteiger partial charge in [-0.2, -0.15) is 0 Å². The van der Waals surface area contributed by atoms with Gasteiger partial charge in [0.2, 0.25) is 5.91 Å². The van der Waals surface area contributed by atoms with Gasteiger partial charge in [-0.3, -0.25) is 4.79 Å². The molecule has 2 rings (SSSR count). The van der Waals surface area contributed by atoms with Crippen molar-refractivity contribution in [3.8, 4) is 0 Å². The largest absolute Gasteiger partial charge is 0.325 e. The zero-order chi connectivity index (χ0) is 14.2. The van der Waals surface area contributed by atoms with Crippen LogP contribution in [-0.2, 0) is 4.79 Å². The number of rotatable bonds is 6. The van der Waals surface area contributed by atoms with E-state index in [1.165, 1.54) is 0 Å². The fourth-order valence-corrected chi connectivity index (χ4v) is 2.77. The lowest BCUT2D eigenvalue weighted by Gasteiger charge is -2.10. The highest BCUT2D eigenvalue weighted by molar-refractivity contribution is 7.99. The van der Waals surface area contributed by atoms with Gasteiger partial charge in [0.1, 0.15) is 0 Å². The molecule has 2 aromatic rings. The Bertz CT molecular complexity index is 559. The van der Waals surface area contributed by atoms with E-state index < -0.39 is 0 Å². The fraction of sp³-hybridized carbons (Fsp3) is 0.188. The van der Waals surface area contributed by atoms with E-state index in [0.717, 1.165) is 15.5 Å². The van der Waals surface area contributed by atoms with E-state index in [1.54, 1.807) is 11.8 Å². The Balaban J connectivity index is 2.08. The van der Waals surface area contributed by atoms with Gasteiger partial charge >= 0.3 is 0 Å². The van der Waals surface area contributed by atoms with E-state index in [1.807, 2.05) is 42.5 Å². The fourth-order valence-electron chi connectivity index (χ4n) is 1.71. The summed E-state index contributed by atoms with van der Waals surface area (Å²) in [6, 6.07) is 17.9. The second-order valence-electron chi connectivity index (χ2n) is 4.25. The van der Waals surface area contributed by atoms with Gasteiger partial charge in [-0.1, -0.05) is 42.1 Å². The molecule has 0 aliphatic rings. The minimum Gasteiger partial charge on any atom is -0.325 e. The van der Waals surface area contributed by atoms with Crippen molar-refractivity contribution < 1.29 is 4.79 Å². The monoisotopic (exact) mass is 305 g/mol. The van der Waals surface area contributed by atoms with Crippen molar-refractivity contribution in [3.05, 3.63) is 54.6 Å². The first-order valence-electron chi connectivity index (χ1n) is 6.47. The number of para-hydroxylation sites is 1. The van der Waals surface area contributed by atoms with Crippen LogP contribution in [-0.4, -0.2) is 11.8 Å². The third-order valence-electron chi connectivity index (χ3n) is 2.67. The van der Waals surface area contributed by atoms with Gasteiger partial charge in [-0.25, -0.2) is 0 Å². The van der Waals surface area contributed by atoms with Crippen LogP contribution in [0.15, 0.2) is 64.4 Å². The molecule has 0 saturated carbocycles. The van der Waals surface area contributed by atoms with Gasteiger partial charge < -0.3 is 5.32 Å². The lowest BCUT2D eigenvalue weighted by Crippen LogP contribution is -2.11. The number of anilines is 1. The highest BCUT2D eigenvalue weighted by Gasteiger charge is 2.07. The second-order valence-corrected chi connectivity index (χ2v) is 5.75. The number of hydrogen-bond acceptors (Lipinski definition) is 2.